The van der Waals surface area contributed by atoms with Crippen molar-refractivity contribution < 1.29 is 42.1 Å². The number of ether oxygens (including phenoxy) is 2. The summed E-state index contributed by atoms with van der Waals surface area (Å²) >= 11 is 5.11. The van der Waals surface area contributed by atoms with Crippen LogP contribution in [0.5, 0.6) is 5.75 Å². The first-order valence-corrected chi connectivity index (χ1v) is 14.7. The highest BCUT2D eigenvalue weighted by Crippen LogP contribution is 2.27. The summed E-state index contributed by atoms with van der Waals surface area (Å²) in [4.78, 5) is 45.3. The summed E-state index contributed by atoms with van der Waals surface area (Å²) in [5.41, 5.74) is 2.75. The molecule has 2 atom stereocenters. The number of nitrogens with zero attached hydrogens (tertiary/aromatic N) is 3. The van der Waals surface area contributed by atoms with E-state index in [-0.39, 0.29) is 18.4 Å². The number of carboxylic acid groups (broad SMARTS) is 1. The van der Waals surface area contributed by atoms with E-state index in [2.05, 4.69) is 25.5 Å². The molecule has 47 heavy (non-hydrogen) atoms. The van der Waals surface area contributed by atoms with Crippen LogP contribution in [0, 0.1) is 11.7 Å². The normalized spacial score (nSPS) is 16.3. The number of carboxylic acids is 1. The maximum absolute atomic E-state index is 13.2. The first-order chi connectivity index (χ1) is 22.0. The van der Waals surface area contributed by atoms with Crippen molar-refractivity contribution in [3.8, 4) is 5.75 Å². The Labute approximate surface area is 272 Å². The van der Waals surface area contributed by atoms with Crippen LogP contribution in [0.2, 0.25) is 0 Å². The van der Waals surface area contributed by atoms with Crippen LogP contribution in [0.25, 0.3) is 10.9 Å². The van der Waals surface area contributed by atoms with Gasteiger partial charge in [-0.05, 0) is 76.3 Å². The highest BCUT2D eigenvalue weighted by molar-refractivity contribution is 7.71. The van der Waals surface area contributed by atoms with Gasteiger partial charge in [0.15, 0.2) is 0 Å². The monoisotopic (exact) mass is 674 g/mol. The van der Waals surface area contributed by atoms with Gasteiger partial charge in [0, 0.05) is 35.3 Å². The van der Waals surface area contributed by atoms with Crippen molar-refractivity contribution in [1.29, 1.82) is 0 Å². The highest BCUT2D eigenvalue weighted by atomic mass is 32.1. The molecule has 2 unspecified atom stereocenters. The van der Waals surface area contributed by atoms with E-state index in [0.29, 0.717) is 35.1 Å². The number of alkyl halides is 3. The molecule has 5 rings (SSSR count). The number of hydrogen-bond donors (Lipinski definition) is 4. The van der Waals surface area contributed by atoms with Crippen LogP contribution in [-0.4, -0.2) is 79.1 Å². The lowest BCUT2D eigenvalue weighted by atomic mass is 10.0. The summed E-state index contributed by atoms with van der Waals surface area (Å²) in [7, 11) is 0. The lowest BCUT2D eigenvalue weighted by Gasteiger charge is -2.24. The highest BCUT2D eigenvalue weighted by Gasteiger charge is 2.40. The molecule has 2 aromatic heterocycles. The van der Waals surface area contributed by atoms with Gasteiger partial charge in [0.1, 0.15) is 23.8 Å². The first-order valence-electron chi connectivity index (χ1n) is 14.3. The Balaban J connectivity index is 0.000000644. The number of carbonyl (C=O) groups excluding carboxylic acids is 2. The van der Waals surface area contributed by atoms with Gasteiger partial charge in [0.05, 0.1) is 17.5 Å². The van der Waals surface area contributed by atoms with Crippen LogP contribution >= 0.6 is 12.2 Å². The fraction of sp³-hybridized carbons (Fsp3) is 0.355. The number of amides is 2. The van der Waals surface area contributed by atoms with E-state index in [0.717, 1.165) is 22.2 Å². The maximum Gasteiger partial charge on any atom is 0.490 e. The quantitative estimate of drug-likeness (QED) is 0.189. The minimum atomic E-state index is -5.08. The second-order valence-corrected chi connectivity index (χ2v) is 12.1. The molecule has 1 aliphatic rings. The molecular formula is C31H33F3N6O6S. The third-order valence-electron chi connectivity index (χ3n) is 6.84. The molecule has 2 amide bonds. The molecule has 12 nitrogen and oxygen atoms in total. The number of H-pyrrole nitrogens is 2. The molecule has 0 saturated carbocycles. The van der Waals surface area contributed by atoms with E-state index >= 15 is 0 Å². The van der Waals surface area contributed by atoms with E-state index in [1.807, 2.05) is 58.0 Å². The second-order valence-electron chi connectivity index (χ2n) is 11.7. The molecule has 4 N–H and O–H groups in total. The molecule has 0 radical (unpaired) electrons. The zero-order valence-electron chi connectivity index (χ0n) is 25.8. The fourth-order valence-electron chi connectivity index (χ4n) is 4.79. The van der Waals surface area contributed by atoms with Crippen LogP contribution in [0.4, 0.5) is 18.0 Å². The Bertz CT molecular complexity index is 1800. The molecule has 1 saturated heterocycles. The maximum atomic E-state index is 13.2. The molecule has 2 aromatic carbocycles. The predicted molar refractivity (Wildman–Crippen MR) is 167 cm³/mol. The van der Waals surface area contributed by atoms with Gasteiger partial charge in [-0.3, -0.25) is 20.0 Å². The number of aromatic nitrogens is 4. The number of hydrogen-bond acceptors (Lipinski definition) is 8. The lowest BCUT2D eigenvalue weighted by molar-refractivity contribution is -0.192. The van der Waals surface area contributed by atoms with Crippen molar-refractivity contribution >= 4 is 41.1 Å². The molecule has 250 valence electrons. The smallest absolute Gasteiger partial charge is 0.489 e. The summed E-state index contributed by atoms with van der Waals surface area (Å²) in [6.07, 6.45) is -5.53. The summed E-state index contributed by atoms with van der Waals surface area (Å²) in [5.74, 6) is -2.09. The number of likely N-dealkylation sites (tertiary alicyclic amines) is 1. The summed E-state index contributed by atoms with van der Waals surface area (Å²) in [6.45, 7) is 8.39. The van der Waals surface area contributed by atoms with E-state index in [9.17, 15) is 22.8 Å². The predicted octanol–water partition coefficient (Wildman–Crippen LogP) is 5.67. The average Bonchev–Trinajstić information content (AvgIpc) is 3.61. The molecular weight excluding hydrogens is 641 g/mol. The standard InChI is InChI=1S/C29H32N6O4S.C2HF3O2/c1-17-13-19(21-7-5-6-8-23(21)30-17)16-38-20-11-9-18(10-12-20)26(36)31-24-15-35(28(37)39-29(2,3)4)14-22(24)25-32-27(40)34-33-25;3-2(4,5)1(6)7/h5-13,22,24H,14-16H2,1-4H3,(H,31,36)(H2,32,33,34,40);(H,6,7). The Morgan fingerprint density at radius 2 is 1.70 bits per heavy atom. The van der Waals surface area contributed by atoms with Gasteiger partial charge in [0.2, 0.25) is 4.77 Å². The summed E-state index contributed by atoms with van der Waals surface area (Å²) in [5, 5.41) is 17.0. The third kappa shape index (κ3) is 9.51. The number of halogens is 3. The number of para-hydroxylation sites is 1. The number of nitrogens with one attached hydrogen (secondary N) is 3. The van der Waals surface area contributed by atoms with E-state index in [1.165, 1.54) is 0 Å². The van der Waals surface area contributed by atoms with Crippen molar-refractivity contribution in [2.24, 2.45) is 0 Å². The summed E-state index contributed by atoms with van der Waals surface area (Å²) in [6, 6.07) is 16.6. The van der Waals surface area contributed by atoms with Crippen molar-refractivity contribution in [3.63, 3.8) is 0 Å². The number of aliphatic carboxylic acids is 1. The minimum Gasteiger partial charge on any atom is -0.489 e. The number of pyridine rings is 1. The Kier molecular flexibility index (Phi) is 10.5. The molecule has 0 spiro atoms. The topological polar surface area (TPSA) is 163 Å². The number of aromatic amines is 2. The second kappa shape index (κ2) is 14.2. The molecule has 1 fully saturated rings. The van der Waals surface area contributed by atoms with Gasteiger partial charge in [0.25, 0.3) is 5.91 Å². The minimum absolute atomic E-state index is 0.266. The lowest BCUT2D eigenvalue weighted by Crippen LogP contribution is -2.41. The largest absolute Gasteiger partial charge is 0.490 e. The van der Waals surface area contributed by atoms with Crippen molar-refractivity contribution in [2.75, 3.05) is 13.1 Å². The van der Waals surface area contributed by atoms with Gasteiger partial charge in [-0.15, -0.1) is 0 Å². The molecule has 0 aliphatic carbocycles. The van der Waals surface area contributed by atoms with Crippen molar-refractivity contribution in [1.82, 2.24) is 30.4 Å². The van der Waals surface area contributed by atoms with Crippen molar-refractivity contribution in [2.45, 2.75) is 58.0 Å². The molecule has 16 heteroatoms. The van der Waals surface area contributed by atoms with Crippen LogP contribution in [0.1, 0.15) is 54.1 Å². The average molecular weight is 675 g/mol. The van der Waals surface area contributed by atoms with Gasteiger partial charge < -0.3 is 24.8 Å². The van der Waals surface area contributed by atoms with Crippen LogP contribution in [0.3, 0.4) is 0 Å². The number of rotatable bonds is 6. The fourth-order valence-corrected chi connectivity index (χ4v) is 4.94. The molecule has 1 aliphatic heterocycles. The number of fused-ring (bicyclic) bond motifs is 1. The molecule has 3 heterocycles. The van der Waals surface area contributed by atoms with E-state index in [4.69, 9.17) is 31.6 Å². The number of carbonyl (C=O) groups is 3. The zero-order chi connectivity index (χ0) is 34.5. The van der Waals surface area contributed by atoms with Gasteiger partial charge in [-0.2, -0.15) is 13.2 Å². The molecule has 0 bridgehead atoms. The van der Waals surface area contributed by atoms with E-state index in [1.54, 1.807) is 29.2 Å². The van der Waals surface area contributed by atoms with Crippen LogP contribution in [0.15, 0.2) is 54.6 Å². The summed E-state index contributed by atoms with van der Waals surface area (Å²) < 4.78 is 43.6. The number of benzene rings is 2. The van der Waals surface area contributed by atoms with Gasteiger partial charge >= 0.3 is 18.2 Å². The van der Waals surface area contributed by atoms with Gasteiger partial charge in [-0.25, -0.2) is 14.6 Å². The number of aryl methyl sites for hydroxylation is 1. The Morgan fingerprint density at radius 1 is 1.04 bits per heavy atom. The van der Waals surface area contributed by atoms with Crippen LogP contribution in [-0.2, 0) is 16.1 Å². The Morgan fingerprint density at radius 3 is 2.30 bits per heavy atom. The Hall–Kier alpha value is -4.99. The van der Waals surface area contributed by atoms with Gasteiger partial charge in [-0.1, -0.05) is 18.2 Å². The third-order valence-corrected chi connectivity index (χ3v) is 7.04. The SMILES string of the molecule is Cc1cc(COc2ccc(C(=O)NC3CN(C(=O)OC(C)(C)C)CC3c3nc(=S)[nH][nH]3)cc2)c2ccccc2n1.O=C(O)C(F)(F)F. The van der Waals surface area contributed by atoms with Crippen molar-refractivity contribution in [3.05, 3.63) is 82.0 Å². The first kappa shape index (κ1) is 34.9. The zero-order valence-corrected chi connectivity index (χ0v) is 26.7. The molecule has 4 aromatic rings. The van der Waals surface area contributed by atoms with Crippen LogP contribution < -0.4 is 10.1 Å². The van der Waals surface area contributed by atoms with E-state index < -0.39 is 29.9 Å².